The second kappa shape index (κ2) is 6.44. The molecule has 0 unspecified atom stereocenters. The highest BCUT2D eigenvalue weighted by molar-refractivity contribution is 9.10. The van der Waals surface area contributed by atoms with Crippen LogP contribution in [0.3, 0.4) is 0 Å². The number of carbonyl (C=O) groups excluding carboxylic acids is 1. The Morgan fingerprint density at radius 2 is 2.30 bits per heavy atom. The highest BCUT2D eigenvalue weighted by Crippen LogP contribution is 2.19. The minimum atomic E-state index is -0.171. The van der Waals surface area contributed by atoms with Crippen LogP contribution in [-0.4, -0.2) is 27.8 Å². The largest absolute Gasteiger partial charge is 0.337 e. The van der Waals surface area contributed by atoms with Crippen molar-refractivity contribution in [3.63, 3.8) is 0 Å². The summed E-state index contributed by atoms with van der Waals surface area (Å²) < 4.78 is 0.717. The summed E-state index contributed by atoms with van der Waals surface area (Å²) in [6, 6.07) is 5.43. The maximum atomic E-state index is 12.4. The van der Waals surface area contributed by atoms with Crippen LogP contribution in [0, 0.1) is 0 Å². The molecule has 3 N–H and O–H groups in total. The van der Waals surface area contributed by atoms with E-state index in [0.29, 0.717) is 17.9 Å². The minimum absolute atomic E-state index is 0.171. The molecule has 0 spiro atoms. The van der Waals surface area contributed by atoms with Crippen molar-refractivity contribution in [3.05, 3.63) is 52.4 Å². The molecule has 2 heterocycles. The maximum absolute atomic E-state index is 12.4. The van der Waals surface area contributed by atoms with Gasteiger partial charge in [0.25, 0.3) is 5.91 Å². The summed E-state index contributed by atoms with van der Waals surface area (Å²) in [5.74, 6) is 5.56. The van der Waals surface area contributed by atoms with Crippen molar-refractivity contribution in [2.24, 2.45) is 5.84 Å². The Balaban J connectivity index is 2.20. The van der Waals surface area contributed by atoms with E-state index >= 15 is 0 Å². The van der Waals surface area contributed by atoms with Gasteiger partial charge in [-0.1, -0.05) is 6.07 Å². The summed E-state index contributed by atoms with van der Waals surface area (Å²) in [5.41, 5.74) is 3.79. The highest BCUT2D eigenvalue weighted by Gasteiger charge is 2.17. The number of aromatic nitrogens is 2. The van der Waals surface area contributed by atoms with Crippen molar-refractivity contribution >= 4 is 27.7 Å². The monoisotopic (exact) mass is 335 g/mol. The van der Waals surface area contributed by atoms with Crippen molar-refractivity contribution < 1.29 is 4.79 Å². The van der Waals surface area contributed by atoms with Gasteiger partial charge in [-0.15, -0.1) is 0 Å². The molecule has 0 aliphatic rings. The number of amides is 1. The maximum Gasteiger partial charge on any atom is 0.257 e. The SMILES string of the molecule is CN(Cc1cccnc1)C(=O)c1cc(Br)cnc1NN. The van der Waals surface area contributed by atoms with Gasteiger partial charge in [-0.2, -0.15) is 0 Å². The molecule has 2 aromatic rings. The lowest BCUT2D eigenvalue weighted by molar-refractivity contribution is 0.0785. The molecule has 0 atom stereocenters. The zero-order valence-electron chi connectivity index (χ0n) is 10.9. The number of halogens is 1. The molecular formula is C13H14BrN5O. The lowest BCUT2D eigenvalue weighted by atomic mass is 10.2. The van der Waals surface area contributed by atoms with Gasteiger partial charge in [0.1, 0.15) is 0 Å². The molecule has 2 rings (SSSR count). The Bertz CT molecular complexity index is 605. The van der Waals surface area contributed by atoms with Crippen LogP contribution >= 0.6 is 15.9 Å². The van der Waals surface area contributed by atoms with Gasteiger partial charge < -0.3 is 10.3 Å². The summed E-state index contributed by atoms with van der Waals surface area (Å²) in [7, 11) is 1.72. The van der Waals surface area contributed by atoms with E-state index < -0.39 is 0 Å². The Hall–Kier alpha value is -1.99. The number of anilines is 1. The predicted octanol–water partition coefficient (Wildman–Crippen LogP) is 1.80. The number of pyridine rings is 2. The van der Waals surface area contributed by atoms with E-state index in [1.165, 1.54) is 0 Å². The molecule has 6 nitrogen and oxygen atoms in total. The molecule has 0 bridgehead atoms. The number of hydrazine groups is 1. The average Bonchev–Trinajstić information content (AvgIpc) is 2.47. The van der Waals surface area contributed by atoms with E-state index in [9.17, 15) is 4.79 Å². The predicted molar refractivity (Wildman–Crippen MR) is 79.8 cm³/mol. The molecule has 0 saturated carbocycles. The number of carbonyl (C=O) groups is 1. The van der Waals surface area contributed by atoms with E-state index in [4.69, 9.17) is 5.84 Å². The van der Waals surface area contributed by atoms with Crippen molar-refractivity contribution in [1.82, 2.24) is 14.9 Å². The van der Waals surface area contributed by atoms with Crippen molar-refractivity contribution in [3.8, 4) is 0 Å². The normalized spacial score (nSPS) is 10.2. The van der Waals surface area contributed by atoms with Crippen LogP contribution in [0.1, 0.15) is 15.9 Å². The van der Waals surface area contributed by atoms with Crippen LogP contribution in [-0.2, 0) is 6.54 Å². The fraction of sp³-hybridized carbons (Fsp3) is 0.154. The Morgan fingerprint density at radius 1 is 1.50 bits per heavy atom. The van der Waals surface area contributed by atoms with Gasteiger partial charge in [0.15, 0.2) is 5.82 Å². The van der Waals surface area contributed by atoms with Gasteiger partial charge in [0, 0.05) is 36.7 Å². The summed E-state index contributed by atoms with van der Waals surface area (Å²) >= 11 is 3.30. The van der Waals surface area contributed by atoms with Gasteiger partial charge in [-0.05, 0) is 33.6 Å². The third-order valence-electron chi connectivity index (χ3n) is 2.71. The lowest BCUT2D eigenvalue weighted by Gasteiger charge is -2.18. The summed E-state index contributed by atoms with van der Waals surface area (Å²) in [6.07, 6.45) is 5.00. The second-order valence-corrected chi connectivity index (χ2v) is 5.13. The summed E-state index contributed by atoms with van der Waals surface area (Å²) in [5, 5.41) is 0. The van der Waals surface area contributed by atoms with E-state index in [-0.39, 0.29) is 5.91 Å². The number of nitrogens with one attached hydrogen (secondary N) is 1. The lowest BCUT2D eigenvalue weighted by Crippen LogP contribution is -2.28. The number of hydrogen-bond donors (Lipinski definition) is 2. The topological polar surface area (TPSA) is 84.1 Å². The molecule has 0 fully saturated rings. The Labute approximate surface area is 125 Å². The zero-order chi connectivity index (χ0) is 14.5. The van der Waals surface area contributed by atoms with Gasteiger partial charge in [-0.25, -0.2) is 10.8 Å². The summed E-state index contributed by atoms with van der Waals surface area (Å²) in [6.45, 7) is 0.462. The molecule has 20 heavy (non-hydrogen) atoms. The number of rotatable bonds is 4. The second-order valence-electron chi connectivity index (χ2n) is 4.22. The van der Waals surface area contributed by atoms with Gasteiger partial charge in [0.05, 0.1) is 5.56 Å². The van der Waals surface area contributed by atoms with E-state index in [1.807, 2.05) is 12.1 Å². The van der Waals surface area contributed by atoms with Crippen molar-refractivity contribution in [1.29, 1.82) is 0 Å². The molecule has 1 amide bonds. The molecule has 0 aliphatic carbocycles. The molecule has 0 aliphatic heterocycles. The zero-order valence-corrected chi connectivity index (χ0v) is 12.5. The van der Waals surface area contributed by atoms with Gasteiger partial charge >= 0.3 is 0 Å². The Kier molecular flexibility index (Phi) is 4.65. The molecule has 0 aromatic carbocycles. The molecule has 0 saturated heterocycles. The third kappa shape index (κ3) is 3.31. The van der Waals surface area contributed by atoms with E-state index in [1.54, 1.807) is 36.6 Å². The fourth-order valence-corrected chi connectivity index (χ4v) is 2.09. The number of nitrogens with zero attached hydrogens (tertiary/aromatic N) is 3. The number of nitrogens with two attached hydrogens (primary N) is 1. The van der Waals surface area contributed by atoms with E-state index in [2.05, 4.69) is 31.3 Å². The first kappa shape index (κ1) is 14.4. The van der Waals surface area contributed by atoms with Crippen molar-refractivity contribution in [2.45, 2.75) is 6.54 Å². The van der Waals surface area contributed by atoms with Crippen LogP contribution < -0.4 is 11.3 Å². The van der Waals surface area contributed by atoms with Crippen LogP contribution in [0.5, 0.6) is 0 Å². The van der Waals surface area contributed by atoms with Crippen LogP contribution in [0.2, 0.25) is 0 Å². The van der Waals surface area contributed by atoms with Crippen LogP contribution in [0.4, 0.5) is 5.82 Å². The molecule has 7 heteroatoms. The molecule has 0 radical (unpaired) electrons. The van der Waals surface area contributed by atoms with Crippen LogP contribution in [0.25, 0.3) is 0 Å². The van der Waals surface area contributed by atoms with Gasteiger partial charge in [-0.3, -0.25) is 9.78 Å². The summed E-state index contributed by atoms with van der Waals surface area (Å²) in [4.78, 5) is 22.1. The van der Waals surface area contributed by atoms with Crippen molar-refractivity contribution in [2.75, 3.05) is 12.5 Å². The molecular weight excluding hydrogens is 322 g/mol. The molecule has 2 aromatic heterocycles. The smallest absolute Gasteiger partial charge is 0.257 e. The first-order valence-electron chi connectivity index (χ1n) is 5.88. The van der Waals surface area contributed by atoms with Crippen LogP contribution in [0.15, 0.2) is 41.3 Å². The first-order valence-corrected chi connectivity index (χ1v) is 6.67. The number of hydrogen-bond acceptors (Lipinski definition) is 5. The third-order valence-corrected chi connectivity index (χ3v) is 3.14. The van der Waals surface area contributed by atoms with Gasteiger partial charge in [0.2, 0.25) is 0 Å². The quantitative estimate of drug-likeness (QED) is 0.657. The highest BCUT2D eigenvalue weighted by atomic mass is 79.9. The Morgan fingerprint density at radius 3 is 2.95 bits per heavy atom. The molecule has 104 valence electrons. The standard InChI is InChI=1S/C13H14BrN5O/c1-19(8-9-3-2-4-16-6-9)13(20)11-5-10(14)7-17-12(11)18-15/h2-7H,8,15H2,1H3,(H,17,18). The van der Waals surface area contributed by atoms with E-state index in [0.717, 1.165) is 10.0 Å². The minimum Gasteiger partial charge on any atom is -0.337 e. The fourth-order valence-electron chi connectivity index (χ4n) is 1.76. The number of nitrogen functional groups attached to an aromatic ring is 1. The first-order chi connectivity index (χ1) is 9.61. The average molecular weight is 336 g/mol.